The number of carbonyl (C=O) groups excluding carboxylic acids is 1. The quantitative estimate of drug-likeness (QED) is 0.526. The van der Waals surface area contributed by atoms with Gasteiger partial charge in [-0.2, -0.15) is 5.26 Å². The van der Waals surface area contributed by atoms with Crippen LogP contribution in [0.15, 0.2) is 36.0 Å². The van der Waals surface area contributed by atoms with E-state index < -0.39 is 0 Å². The van der Waals surface area contributed by atoms with Gasteiger partial charge in [0.1, 0.15) is 6.61 Å². The molecule has 0 fully saturated rings. The molecule has 0 unspecified atom stereocenters. The van der Waals surface area contributed by atoms with Gasteiger partial charge in [0.2, 0.25) is 0 Å². The predicted molar refractivity (Wildman–Crippen MR) is 85.6 cm³/mol. The lowest BCUT2D eigenvalue weighted by molar-refractivity contribution is -0.140. The van der Waals surface area contributed by atoms with Crippen molar-refractivity contribution in [1.29, 1.82) is 5.26 Å². The Hall–Kier alpha value is -2.74. The van der Waals surface area contributed by atoms with Crippen LogP contribution in [-0.4, -0.2) is 35.0 Å². The van der Waals surface area contributed by atoms with E-state index >= 15 is 0 Å². The lowest BCUT2D eigenvalue weighted by Crippen LogP contribution is -2.44. The molecular formula is C18H17N3O2. The number of hydrogen-bond acceptors (Lipinski definition) is 4. The first-order chi connectivity index (χ1) is 11.2. The lowest BCUT2D eigenvalue weighted by Gasteiger charge is -2.40. The minimum atomic E-state index is -0.296. The van der Waals surface area contributed by atoms with E-state index in [4.69, 9.17) is 4.74 Å². The molecule has 4 rings (SSSR count). The van der Waals surface area contributed by atoms with Crippen molar-refractivity contribution in [3.63, 3.8) is 0 Å². The SMILES string of the molecule is CC(=O)OCC1=C[C@@H]2c3cccc4[nH]cc(c34)C[C@H]2N(C#N)C1. The van der Waals surface area contributed by atoms with Crippen LogP contribution in [0.2, 0.25) is 0 Å². The summed E-state index contributed by atoms with van der Waals surface area (Å²) >= 11 is 0. The zero-order valence-electron chi connectivity index (χ0n) is 12.9. The molecule has 0 amide bonds. The van der Waals surface area contributed by atoms with Crippen LogP contribution >= 0.6 is 0 Å². The molecule has 0 spiro atoms. The predicted octanol–water partition coefficient (Wildman–Crippen LogP) is 2.46. The smallest absolute Gasteiger partial charge is 0.302 e. The number of H-pyrrole nitrogens is 1. The van der Waals surface area contributed by atoms with Crippen molar-refractivity contribution in [3.05, 3.63) is 47.2 Å². The summed E-state index contributed by atoms with van der Waals surface area (Å²) in [4.78, 5) is 16.2. The maximum atomic E-state index is 11.1. The van der Waals surface area contributed by atoms with E-state index in [9.17, 15) is 10.1 Å². The van der Waals surface area contributed by atoms with Gasteiger partial charge in [0, 0.05) is 29.9 Å². The molecule has 1 aromatic carbocycles. The molecule has 1 N–H and O–H groups in total. The van der Waals surface area contributed by atoms with Gasteiger partial charge in [-0.05, 0) is 29.2 Å². The molecule has 2 heterocycles. The number of rotatable bonds is 2. The fraction of sp³-hybridized carbons (Fsp3) is 0.333. The van der Waals surface area contributed by atoms with Crippen molar-refractivity contribution in [2.75, 3.05) is 13.2 Å². The van der Waals surface area contributed by atoms with Crippen molar-refractivity contribution in [1.82, 2.24) is 9.88 Å². The van der Waals surface area contributed by atoms with Gasteiger partial charge in [0.05, 0.1) is 12.6 Å². The number of fused-ring (bicyclic) bond motifs is 2. The number of carbonyl (C=O) groups is 1. The molecule has 2 aliphatic rings. The Balaban J connectivity index is 1.79. The van der Waals surface area contributed by atoms with Crippen LogP contribution in [0.3, 0.4) is 0 Å². The van der Waals surface area contributed by atoms with Crippen molar-refractivity contribution in [2.24, 2.45) is 0 Å². The average Bonchev–Trinajstić information content (AvgIpc) is 2.97. The first-order valence-corrected chi connectivity index (χ1v) is 7.75. The van der Waals surface area contributed by atoms with Gasteiger partial charge in [0.15, 0.2) is 6.19 Å². The highest BCUT2D eigenvalue weighted by Crippen LogP contribution is 2.42. The van der Waals surface area contributed by atoms with E-state index in [1.165, 1.54) is 23.4 Å². The van der Waals surface area contributed by atoms with E-state index in [-0.39, 0.29) is 24.5 Å². The van der Waals surface area contributed by atoms with Crippen LogP contribution in [0.4, 0.5) is 0 Å². The monoisotopic (exact) mass is 307 g/mol. The topological polar surface area (TPSA) is 69.1 Å². The first kappa shape index (κ1) is 13.9. The van der Waals surface area contributed by atoms with Crippen LogP contribution < -0.4 is 0 Å². The number of ether oxygens (including phenoxy) is 1. The highest BCUT2D eigenvalue weighted by molar-refractivity contribution is 5.88. The second kappa shape index (κ2) is 5.17. The highest BCUT2D eigenvalue weighted by atomic mass is 16.5. The first-order valence-electron chi connectivity index (χ1n) is 7.75. The number of benzene rings is 1. The van der Waals surface area contributed by atoms with Gasteiger partial charge in [-0.3, -0.25) is 4.79 Å². The Labute approximate surface area is 134 Å². The van der Waals surface area contributed by atoms with Crippen LogP contribution in [0.5, 0.6) is 0 Å². The molecule has 2 atom stereocenters. The summed E-state index contributed by atoms with van der Waals surface area (Å²) < 4.78 is 5.13. The van der Waals surface area contributed by atoms with E-state index in [1.807, 2.05) is 11.0 Å². The second-order valence-electron chi connectivity index (χ2n) is 6.21. The van der Waals surface area contributed by atoms with Gasteiger partial charge < -0.3 is 14.6 Å². The zero-order valence-corrected chi connectivity index (χ0v) is 12.9. The van der Waals surface area contributed by atoms with Crippen LogP contribution in [0.1, 0.15) is 24.0 Å². The van der Waals surface area contributed by atoms with Gasteiger partial charge in [-0.15, -0.1) is 0 Å². The number of aromatic nitrogens is 1. The van der Waals surface area contributed by atoms with E-state index in [2.05, 4.69) is 35.6 Å². The number of nitrogens with one attached hydrogen (secondary N) is 1. The third kappa shape index (κ3) is 2.18. The van der Waals surface area contributed by atoms with Crippen LogP contribution in [0.25, 0.3) is 10.9 Å². The summed E-state index contributed by atoms with van der Waals surface area (Å²) in [7, 11) is 0. The molecule has 1 aliphatic carbocycles. The Morgan fingerprint density at radius 2 is 2.39 bits per heavy atom. The number of nitrogens with zero attached hydrogens (tertiary/aromatic N) is 2. The maximum absolute atomic E-state index is 11.1. The zero-order chi connectivity index (χ0) is 16.0. The Kier molecular flexibility index (Phi) is 3.12. The summed E-state index contributed by atoms with van der Waals surface area (Å²) in [6.07, 6.45) is 7.41. The fourth-order valence-electron chi connectivity index (χ4n) is 3.83. The van der Waals surface area contributed by atoms with Crippen molar-refractivity contribution < 1.29 is 9.53 Å². The van der Waals surface area contributed by atoms with Crippen molar-refractivity contribution >= 4 is 16.9 Å². The molecule has 0 saturated heterocycles. The van der Waals surface area contributed by atoms with Gasteiger partial charge in [0.25, 0.3) is 0 Å². The van der Waals surface area contributed by atoms with Gasteiger partial charge in [-0.25, -0.2) is 0 Å². The van der Waals surface area contributed by atoms with Crippen molar-refractivity contribution in [3.8, 4) is 6.19 Å². The summed E-state index contributed by atoms with van der Waals surface area (Å²) in [5.41, 5.74) is 4.64. The number of esters is 1. The average molecular weight is 307 g/mol. The molecular weight excluding hydrogens is 290 g/mol. The Morgan fingerprint density at radius 1 is 1.52 bits per heavy atom. The molecule has 2 aromatic rings. The largest absolute Gasteiger partial charge is 0.461 e. The molecule has 116 valence electrons. The van der Waals surface area contributed by atoms with Gasteiger partial charge in [-0.1, -0.05) is 18.2 Å². The minimum absolute atomic E-state index is 0.134. The molecule has 5 heteroatoms. The van der Waals surface area contributed by atoms with Crippen molar-refractivity contribution in [2.45, 2.75) is 25.3 Å². The standard InChI is InChI=1S/C18H17N3O2/c1-11(22)23-9-12-5-15-14-3-2-4-16-18(14)13(7-20-16)6-17(15)21(8-12)10-19/h2-5,7,15,17,20H,6,8-9H2,1H3/t15-,17-/m1/s1. The summed E-state index contributed by atoms with van der Waals surface area (Å²) in [6, 6.07) is 6.40. The van der Waals surface area contributed by atoms with Crippen LogP contribution in [-0.2, 0) is 16.0 Å². The Morgan fingerprint density at radius 3 is 3.17 bits per heavy atom. The number of aromatic amines is 1. The molecule has 23 heavy (non-hydrogen) atoms. The maximum Gasteiger partial charge on any atom is 0.302 e. The highest BCUT2D eigenvalue weighted by Gasteiger charge is 2.37. The lowest BCUT2D eigenvalue weighted by atomic mass is 9.76. The molecule has 0 saturated carbocycles. The second-order valence-corrected chi connectivity index (χ2v) is 6.21. The van der Waals surface area contributed by atoms with Gasteiger partial charge >= 0.3 is 5.97 Å². The van der Waals surface area contributed by atoms with E-state index in [0.717, 1.165) is 17.5 Å². The molecule has 5 nitrogen and oxygen atoms in total. The molecule has 1 aromatic heterocycles. The fourth-order valence-corrected chi connectivity index (χ4v) is 3.83. The number of nitriles is 1. The summed E-state index contributed by atoms with van der Waals surface area (Å²) in [5, 5.41) is 10.8. The normalized spacial score (nSPS) is 22.3. The van der Waals surface area contributed by atoms with E-state index in [0.29, 0.717) is 6.54 Å². The number of hydrogen-bond donors (Lipinski definition) is 1. The summed E-state index contributed by atoms with van der Waals surface area (Å²) in [5.74, 6) is -0.142. The third-order valence-electron chi connectivity index (χ3n) is 4.80. The van der Waals surface area contributed by atoms with E-state index in [1.54, 1.807) is 0 Å². The van der Waals surface area contributed by atoms with Crippen LogP contribution in [0, 0.1) is 11.5 Å². The summed E-state index contributed by atoms with van der Waals surface area (Å²) in [6.45, 7) is 2.19. The molecule has 0 bridgehead atoms. The molecule has 0 radical (unpaired) electrons. The minimum Gasteiger partial charge on any atom is -0.461 e. The molecule has 1 aliphatic heterocycles. The third-order valence-corrected chi connectivity index (χ3v) is 4.80. The Bertz CT molecular complexity index is 859.